The molecule has 1 amide bonds. The van der Waals surface area contributed by atoms with Gasteiger partial charge in [-0.15, -0.1) is 0 Å². The summed E-state index contributed by atoms with van der Waals surface area (Å²) in [7, 11) is 0. The monoisotopic (exact) mass is 489 g/mol. The number of hydrogen-bond donors (Lipinski definition) is 1. The van der Waals surface area contributed by atoms with Gasteiger partial charge in [-0.1, -0.05) is 72.4 Å². The summed E-state index contributed by atoms with van der Waals surface area (Å²) in [5.74, 6) is -0.489. The molecule has 2 aliphatic rings. The van der Waals surface area contributed by atoms with Crippen molar-refractivity contribution in [2.24, 2.45) is 4.99 Å². The summed E-state index contributed by atoms with van der Waals surface area (Å²) < 4.78 is 5.77. The lowest BCUT2D eigenvalue weighted by atomic mass is 9.93. The van der Waals surface area contributed by atoms with Crippen LogP contribution < -0.4 is 5.32 Å². The molecule has 0 saturated heterocycles. The molecule has 2 aromatic carbocycles. The van der Waals surface area contributed by atoms with Crippen LogP contribution >= 0.6 is 11.8 Å². The molecule has 0 fully saturated rings. The van der Waals surface area contributed by atoms with E-state index in [9.17, 15) is 9.59 Å². The van der Waals surface area contributed by atoms with Crippen LogP contribution in [0.2, 0.25) is 0 Å². The van der Waals surface area contributed by atoms with Gasteiger partial charge in [0, 0.05) is 5.70 Å². The third-order valence-corrected chi connectivity index (χ3v) is 6.64. The Morgan fingerprint density at radius 2 is 1.71 bits per heavy atom. The molecule has 182 valence electrons. The molecule has 0 unspecified atom stereocenters. The lowest BCUT2D eigenvalue weighted by molar-refractivity contribution is -0.150. The predicted molar refractivity (Wildman–Crippen MR) is 140 cm³/mol. The SMILES string of the molecule is CC1=C(C(=O)OC(C)(C)C)[C@H](c2ccccc2)N2C(CC(=O)N[C@@H](C)c3ccccc3)=CSC2=N1. The molecule has 0 saturated carbocycles. The lowest BCUT2D eigenvalue weighted by Crippen LogP contribution is -2.39. The number of aliphatic imine (C=N–C) groups is 1. The van der Waals surface area contributed by atoms with E-state index in [-0.39, 0.29) is 18.4 Å². The van der Waals surface area contributed by atoms with Gasteiger partial charge in [0.1, 0.15) is 5.60 Å². The summed E-state index contributed by atoms with van der Waals surface area (Å²) in [5, 5.41) is 5.79. The van der Waals surface area contributed by atoms with E-state index in [0.29, 0.717) is 11.3 Å². The second-order valence-electron chi connectivity index (χ2n) is 9.68. The zero-order valence-electron chi connectivity index (χ0n) is 20.7. The number of nitrogens with one attached hydrogen (secondary N) is 1. The van der Waals surface area contributed by atoms with E-state index in [0.717, 1.165) is 22.0 Å². The van der Waals surface area contributed by atoms with E-state index in [1.807, 2.05) is 106 Å². The van der Waals surface area contributed by atoms with Crippen LogP contribution in [0.3, 0.4) is 0 Å². The van der Waals surface area contributed by atoms with Crippen molar-refractivity contribution in [3.05, 3.63) is 94.2 Å². The van der Waals surface area contributed by atoms with Crippen molar-refractivity contribution in [3.63, 3.8) is 0 Å². The van der Waals surface area contributed by atoms with Crippen molar-refractivity contribution in [2.45, 2.75) is 58.7 Å². The zero-order chi connectivity index (χ0) is 25.2. The molecule has 0 bridgehead atoms. The first kappa shape index (κ1) is 24.8. The number of esters is 1. The lowest BCUT2D eigenvalue weighted by Gasteiger charge is -2.37. The standard InChI is InChI=1S/C28H31N3O3S/c1-18(20-12-8-6-9-13-20)29-23(32)16-22-17-35-27-30-19(2)24(26(33)34-28(3,4)5)25(31(22)27)21-14-10-7-11-15-21/h6-15,17-18,25H,16H2,1-5H3,(H,29,32)/t18-,25-/m0/s1. The number of amides is 1. The van der Waals surface area contributed by atoms with Crippen LogP contribution in [-0.4, -0.2) is 27.5 Å². The normalized spacial score (nSPS) is 18.4. The van der Waals surface area contributed by atoms with E-state index in [1.54, 1.807) is 0 Å². The maximum absolute atomic E-state index is 13.3. The summed E-state index contributed by atoms with van der Waals surface area (Å²) in [6, 6.07) is 19.1. The van der Waals surface area contributed by atoms with Gasteiger partial charge in [0.25, 0.3) is 0 Å². The summed E-state index contributed by atoms with van der Waals surface area (Å²) >= 11 is 1.47. The van der Waals surface area contributed by atoms with Crippen LogP contribution in [0.5, 0.6) is 0 Å². The summed E-state index contributed by atoms with van der Waals surface area (Å²) in [5.41, 5.74) is 3.26. The maximum Gasteiger partial charge on any atom is 0.338 e. The number of carbonyl (C=O) groups excluding carboxylic acids is 2. The third kappa shape index (κ3) is 5.68. The van der Waals surface area contributed by atoms with E-state index >= 15 is 0 Å². The van der Waals surface area contributed by atoms with Gasteiger partial charge in [-0.25, -0.2) is 9.79 Å². The molecule has 6 nitrogen and oxygen atoms in total. The number of fused-ring (bicyclic) bond motifs is 1. The molecule has 4 rings (SSSR count). The number of carbonyl (C=O) groups is 2. The molecule has 2 aromatic rings. The second kappa shape index (κ2) is 10.1. The van der Waals surface area contributed by atoms with Crippen molar-refractivity contribution in [2.75, 3.05) is 0 Å². The summed E-state index contributed by atoms with van der Waals surface area (Å²) in [4.78, 5) is 33.1. The van der Waals surface area contributed by atoms with Gasteiger partial charge in [0.15, 0.2) is 5.17 Å². The fraction of sp³-hybridized carbons (Fsp3) is 0.321. The number of thioether (sulfide) groups is 1. The molecule has 2 heterocycles. The van der Waals surface area contributed by atoms with E-state index < -0.39 is 17.6 Å². The van der Waals surface area contributed by atoms with E-state index in [1.165, 1.54) is 11.8 Å². The zero-order valence-corrected chi connectivity index (χ0v) is 21.6. The minimum atomic E-state index is -0.637. The number of amidine groups is 1. The molecule has 2 aliphatic heterocycles. The van der Waals surface area contributed by atoms with Crippen LogP contribution in [-0.2, 0) is 14.3 Å². The van der Waals surface area contributed by atoms with Crippen LogP contribution in [0.1, 0.15) is 64.3 Å². The first-order chi connectivity index (χ1) is 16.6. The largest absolute Gasteiger partial charge is 0.456 e. The minimum Gasteiger partial charge on any atom is -0.456 e. The quantitative estimate of drug-likeness (QED) is 0.514. The third-order valence-electron chi connectivity index (χ3n) is 5.75. The Kier molecular flexibility index (Phi) is 7.17. The Morgan fingerprint density at radius 1 is 1.09 bits per heavy atom. The Morgan fingerprint density at radius 3 is 2.34 bits per heavy atom. The Balaban J connectivity index is 1.62. The molecular weight excluding hydrogens is 458 g/mol. The van der Waals surface area contributed by atoms with Crippen molar-refractivity contribution < 1.29 is 14.3 Å². The molecule has 0 aromatic heterocycles. The molecule has 2 atom stereocenters. The number of ether oxygens (including phenoxy) is 1. The number of rotatable bonds is 6. The first-order valence-electron chi connectivity index (χ1n) is 11.7. The van der Waals surface area contributed by atoms with Crippen LogP contribution in [0.4, 0.5) is 0 Å². The predicted octanol–water partition coefficient (Wildman–Crippen LogP) is 5.87. The van der Waals surface area contributed by atoms with Gasteiger partial charge in [0.2, 0.25) is 5.91 Å². The molecule has 0 radical (unpaired) electrons. The molecule has 7 heteroatoms. The highest BCUT2D eigenvalue weighted by Crippen LogP contribution is 2.45. The fourth-order valence-corrected chi connectivity index (χ4v) is 5.16. The fourth-order valence-electron chi connectivity index (χ4n) is 4.20. The van der Waals surface area contributed by atoms with Crippen LogP contribution in [0, 0.1) is 0 Å². The molecule has 0 spiro atoms. The van der Waals surface area contributed by atoms with Crippen molar-refractivity contribution >= 4 is 28.8 Å². The molecule has 35 heavy (non-hydrogen) atoms. The van der Waals surface area contributed by atoms with E-state index in [2.05, 4.69) is 5.32 Å². The van der Waals surface area contributed by atoms with Crippen LogP contribution in [0.25, 0.3) is 0 Å². The number of benzene rings is 2. The highest BCUT2D eigenvalue weighted by Gasteiger charge is 2.41. The topological polar surface area (TPSA) is 71.0 Å². The molecule has 1 N–H and O–H groups in total. The maximum atomic E-state index is 13.3. The van der Waals surface area contributed by atoms with Gasteiger partial charge in [-0.2, -0.15) is 0 Å². The minimum absolute atomic E-state index is 0.0913. The Hall–Kier alpha value is -3.32. The summed E-state index contributed by atoms with van der Waals surface area (Å²) in [6.07, 6.45) is 0.174. The molecule has 0 aliphatic carbocycles. The van der Waals surface area contributed by atoms with Gasteiger partial charge in [-0.05, 0) is 51.2 Å². The summed E-state index contributed by atoms with van der Waals surface area (Å²) in [6.45, 7) is 9.37. The Bertz CT molecular complexity index is 1200. The second-order valence-corrected chi connectivity index (χ2v) is 10.5. The number of nitrogens with zero attached hydrogens (tertiary/aromatic N) is 2. The smallest absolute Gasteiger partial charge is 0.338 e. The average molecular weight is 490 g/mol. The van der Waals surface area contributed by atoms with Gasteiger partial charge in [0.05, 0.1) is 29.8 Å². The Labute approximate surface area is 211 Å². The van der Waals surface area contributed by atoms with E-state index in [4.69, 9.17) is 9.73 Å². The number of allylic oxidation sites excluding steroid dienone is 1. The number of hydrogen-bond acceptors (Lipinski definition) is 6. The first-order valence-corrected chi connectivity index (χ1v) is 12.6. The average Bonchev–Trinajstić information content (AvgIpc) is 3.19. The van der Waals surface area contributed by atoms with Gasteiger partial charge in [-0.3, -0.25) is 4.79 Å². The van der Waals surface area contributed by atoms with Crippen LogP contribution in [0.15, 0.2) is 88.0 Å². The van der Waals surface area contributed by atoms with Crippen molar-refractivity contribution in [1.29, 1.82) is 0 Å². The van der Waals surface area contributed by atoms with Crippen molar-refractivity contribution in [3.8, 4) is 0 Å². The van der Waals surface area contributed by atoms with Gasteiger partial charge < -0.3 is 15.0 Å². The molecular formula is C28H31N3O3S. The van der Waals surface area contributed by atoms with Gasteiger partial charge >= 0.3 is 5.97 Å². The van der Waals surface area contributed by atoms with Crippen molar-refractivity contribution in [1.82, 2.24) is 10.2 Å². The highest BCUT2D eigenvalue weighted by atomic mass is 32.2. The highest BCUT2D eigenvalue weighted by molar-refractivity contribution is 8.16.